The first kappa shape index (κ1) is 17.7. The third-order valence-corrected chi connectivity index (χ3v) is 5.05. The second-order valence-corrected chi connectivity index (χ2v) is 7.11. The van der Waals surface area contributed by atoms with Crippen molar-refractivity contribution < 1.29 is 4.79 Å². The molecule has 0 aliphatic carbocycles. The molecule has 0 aromatic carbocycles. The standard InChI is InChI=1S/C15H25N5O2S/c1-11(23-3)10-17-15(22)18-12-4-7-20(8-5-12)13-14(21)19(2)9-6-16-13/h6,9,11-12H,4-5,7-8,10H2,1-3H3,(H2,17,18,22)/t11-/m1/s1. The maximum Gasteiger partial charge on any atom is 0.315 e. The molecule has 1 saturated heterocycles. The summed E-state index contributed by atoms with van der Waals surface area (Å²) in [5.74, 6) is 0.492. The number of aromatic nitrogens is 2. The maximum atomic E-state index is 12.1. The van der Waals surface area contributed by atoms with Gasteiger partial charge in [-0.15, -0.1) is 0 Å². The zero-order valence-corrected chi connectivity index (χ0v) is 14.7. The summed E-state index contributed by atoms with van der Waals surface area (Å²) in [6.45, 7) is 4.18. The van der Waals surface area contributed by atoms with Crippen molar-refractivity contribution in [2.45, 2.75) is 31.1 Å². The maximum absolute atomic E-state index is 12.1. The summed E-state index contributed by atoms with van der Waals surface area (Å²) >= 11 is 1.73. The van der Waals surface area contributed by atoms with Crippen LogP contribution in [0, 0.1) is 0 Å². The molecule has 2 heterocycles. The molecule has 2 rings (SSSR count). The van der Waals surface area contributed by atoms with Crippen molar-refractivity contribution in [3.8, 4) is 0 Å². The predicted molar refractivity (Wildman–Crippen MR) is 94.2 cm³/mol. The molecule has 0 saturated carbocycles. The normalized spacial score (nSPS) is 16.9. The zero-order chi connectivity index (χ0) is 16.8. The van der Waals surface area contributed by atoms with Gasteiger partial charge in [0, 0.05) is 50.4 Å². The number of urea groups is 1. The van der Waals surface area contributed by atoms with Gasteiger partial charge in [0.2, 0.25) is 0 Å². The molecule has 0 bridgehead atoms. The Hall–Kier alpha value is -1.70. The van der Waals surface area contributed by atoms with Crippen LogP contribution in [0.1, 0.15) is 19.8 Å². The van der Waals surface area contributed by atoms with Crippen molar-refractivity contribution in [2.75, 3.05) is 30.8 Å². The summed E-state index contributed by atoms with van der Waals surface area (Å²) < 4.78 is 1.53. The van der Waals surface area contributed by atoms with Crippen LogP contribution in [0.15, 0.2) is 17.2 Å². The van der Waals surface area contributed by atoms with Crippen LogP contribution in [-0.4, -0.2) is 52.8 Å². The lowest BCUT2D eigenvalue weighted by Crippen LogP contribution is -2.49. The van der Waals surface area contributed by atoms with Gasteiger partial charge >= 0.3 is 6.03 Å². The molecule has 1 atom stereocenters. The Bertz CT molecular complexity index is 583. The van der Waals surface area contributed by atoms with Gasteiger partial charge in [0.05, 0.1) is 0 Å². The molecule has 7 nitrogen and oxygen atoms in total. The topological polar surface area (TPSA) is 79.3 Å². The monoisotopic (exact) mass is 339 g/mol. The van der Waals surface area contributed by atoms with E-state index in [9.17, 15) is 9.59 Å². The van der Waals surface area contributed by atoms with Crippen molar-refractivity contribution in [3.05, 3.63) is 22.7 Å². The van der Waals surface area contributed by atoms with Crippen molar-refractivity contribution in [2.24, 2.45) is 7.05 Å². The highest BCUT2D eigenvalue weighted by molar-refractivity contribution is 7.99. The van der Waals surface area contributed by atoms with Gasteiger partial charge in [0.15, 0.2) is 5.82 Å². The predicted octanol–water partition coefficient (Wildman–Crippen LogP) is 0.800. The molecule has 1 aliphatic heterocycles. The largest absolute Gasteiger partial charge is 0.352 e. The number of hydrogen-bond acceptors (Lipinski definition) is 5. The molecule has 2 N–H and O–H groups in total. The van der Waals surface area contributed by atoms with Crippen molar-refractivity contribution in [3.63, 3.8) is 0 Å². The van der Waals surface area contributed by atoms with Gasteiger partial charge in [-0.05, 0) is 19.1 Å². The number of piperidine rings is 1. The Labute approximate surface area is 140 Å². The number of thioether (sulfide) groups is 1. The molecule has 23 heavy (non-hydrogen) atoms. The Morgan fingerprint density at radius 1 is 1.48 bits per heavy atom. The summed E-state index contributed by atoms with van der Waals surface area (Å²) in [5.41, 5.74) is -0.0808. The quantitative estimate of drug-likeness (QED) is 0.829. The van der Waals surface area contributed by atoms with Gasteiger partial charge in [-0.3, -0.25) is 4.79 Å². The molecule has 1 fully saturated rings. The van der Waals surface area contributed by atoms with Crippen molar-refractivity contribution >= 4 is 23.6 Å². The van der Waals surface area contributed by atoms with E-state index in [-0.39, 0.29) is 17.6 Å². The molecular formula is C15H25N5O2S. The fourth-order valence-electron chi connectivity index (χ4n) is 2.49. The number of anilines is 1. The van der Waals surface area contributed by atoms with Crippen molar-refractivity contribution in [1.29, 1.82) is 0 Å². The van der Waals surface area contributed by atoms with Crippen LogP contribution < -0.4 is 21.1 Å². The van der Waals surface area contributed by atoms with Crippen molar-refractivity contribution in [1.82, 2.24) is 20.2 Å². The highest BCUT2D eigenvalue weighted by Crippen LogP contribution is 2.14. The van der Waals surface area contributed by atoms with E-state index in [2.05, 4.69) is 22.5 Å². The summed E-state index contributed by atoms with van der Waals surface area (Å²) in [6, 6.07) is 0.0292. The van der Waals surface area contributed by atoms with Gasteiger partial charge in [0.1, 0.15) is 0 Å². The third-order valence-electron chi connectivity index (χ3n) is 4.08. The van der Waals surface area contributed by atoms with E-state index in [1.807, 2.05) is 11.2 Å². The molecule has 1 aromatic heterocycles. The highest BCUT2D eigenvalue weighted by atomic mass is 32.2. The number of carbonyl (C=O) groups excluding carboxylic acids is 1. The third kappa shape index (κ3) is 4.89. The lowest BCUT2D eigenvalue weighted by molar-refractivity contribution is 0.234. The molecule has 0 unspecified atom stereocenters. The smallest absolute Gasteiger partial charge is 0.315 e. The van der Waals surface area contributed by atoms with Crippen LogP contribution >= 0.6 is 11.8 Å². The molecule has 0 spiro atoms. The number of amides is 2. The average molecular weight is 339 g/mol. The Morgan fingerprint density at radius 3 is 2.83 bits per heavy atom. The molecule has 0 radical (unpaired) electrons. The fraction of sp³-hybridized carbons (Fsp3) is 0.667. The van der Waals surface area contributed by atoms with Gasteiger partial charge in [-0.2, -0.15) is 11.8 Å². The van der Waals surface area contributed by atoms with Crippen LogP contribution in [0.2, 0.25) is 0 Å². The minimum Gasteiger partial charge on any atom is -0.352 e. The van der Waals surface area contributed by atoms with E-state index < -0.39 is 0 Å². The summed E-state index contributed by atoms with van der Waals surface area (Å²) in [4.78, 5) is 30.1. The summed E-state index contributed by atoms with van der Waals surface area (Å²) in [5, 5.41) is 6.30. The lowest BCUT2D eigenvalue weighted by Gasteiger charge is -2.32. The minimum atomic E-state index is -0.113. The fourth-order valence-corrected chi connectivity index (χ4v) is 2.74. The number of nitrogens with zero attached hydrogens (tertiary/aromatic N) is 3. The Kier molecular flexibility index (Phi) is 6.32. The number of aryl methyl sites for hydroxylation is 1. The molecule has 1 aliphatic rings. The number of nitrogens with one attached hydrogen (secondary N) is 2. The van der Waals surface area contributed by atoms with E-state index in [1.165, 1.54) is 4.57 Å². The Morgan fingerprint density at radius 2 is 2.17 bits per heavy atom. The van der Waals surface area contributed by atoms with Crippen LogP contribution in [0.3, 0.4) is 0 Å². The first-order valence-corrected chi connectivity index (χ1v) is 9.13. The number of rotatable bonds is 5. The first-order valence-electron chi connectivity index (χ1n) is 7.85. The second-order valence-electron chi connectivity index (χ2n) is 5.83. The van der Waals surface area contributed by atoms with Gasteiger partial charge in [-0.1, -0.05) is 6.92 Å². The highest BCUT2D eigenvalue weighted by Gasteiger charge is 2.23. The summed E-state index contributed by atoms with van der Waals surface area (Å²) in [6.07, 6.45) is 6.94. The molecule has 2 amide bonds. The van der Waals surface area contributed by atoms with E-state index in [4.69, 9.17) is 0 Å². The molecular weight excluding hydrogens is 314 g/mol. The van der Waals surface area contributed by atoms with Crippen LogP contribution in [-0.2, 0) is 7.05 Å². The first-order chi connectivity index (χ1) is 11.0. The Balaban J connectivity index is 1.81. The average Bonchev–Trinajstić information content (AvgIpc) is 2.56. The zero-order valence-electron chi connectivity index (χ0n) is 13.9. The van der Waals surface area contributed by atoms with E-state index in [1.54, 1.807) is 31.2 Å². The second kappa shape index (κ2) is 8.24. The van der Waals surface area contributed by atoms with Gasteiger partial charge < -0.3 is 20.1 Å². The number of carbonyl (C=O) groups is 1. The van der Waals surface area contributed by atoms with Gasteiger partial charge in [-0.25, -0.2) is 9.78 Å². The van der Waals surface area contributed by atoms with Gasteiger partial charge in [0.25, 0.3) is 5.56 Å². The SMILES string of the molecule is CS[C@H](C)CNC(=O)NC1CCN(c2nccn(C)c2=O)CC1. The van der Waals surface area contributed by atoms with Crippen LogP contribution in [0.25, 0.3) is 0 Å². The van der Waals surface area contributed by atoms with E-state index in [0.29, 0.717) is 17.6 Å². The lowest BCUT2D eigenvalue weighted by atomic mass is 10.1. The number of hydrogen-bond donors (Lipinski definition) is 2. The molecule has 8 heteroatoms. The summed E-state index contributed by atoms with van der Waals surface area (Å²) in [7, 11) is 1.72. The molecule has 1 aromatic rings. The van der Waals surface area contributed by atoms with Crippen LogP contribution in [0.4, 0.5) is 10.6 Å². The van der Waals surface area contributed by atoms with E-state index in [0.717, 1.165) is 25.9 Å². The van der Waals surface area contributed by atoms with E-state index >= 15 is 0 Å². The van der Waals surface area contributed by atoms with Crippen LogP contribution in [0.5, 0.6) is 0 Å². The minimum absolute atomic E-state index is 0.0808. The molecule has 128 valence electrons.